The molecule has 1 aliphatic heterocycles. The summed E-state index contributed by atoms with van der Waals surface area (Å²) in [7, 11) is 0. The van der Waals surface area contributed by atoms with Gasteiger partial charge in [0, 0.05) is 13.1 Å². The number of aryl methyl sites for hydroxylation is 2. The first-order valence-electron chi connectivity index (χ1n) is 10.9. The van der Waals surface area contributed by atoms with E-state index in [0.717, 1.165) is 30.8 Å². The predicted molar refractivity (Wildman–Crippen MR) is 129 cm³/mol. The van der Waals surface area contributed by atoms with Crippen LogP contribution in [0, 0.1) is 19.8 Å². The van der Waals surface area contributed by atoms with Crippen LogP contribution in [0.3, 0.4) is 0 Å². The van der Waals surface area contributed by atoms with Crippen LogP contribution in [-0.2, 0) is 11.3 Å². The lowest BCUT2D eigenvalue weighted by Gasteiger charge is -2.32. The lowest BCUT2D eigenvalue weighted by molar-refractivity contribution is -0.122. The fraction of sp³-hybridized carbons (Fsp3) is 0.333. The molecule has 2 aromatic heterocycles. The van der Waals surface area contributed by atoms with Crippen molar-refractivity contribution < 1.29 is 9.59 Å². The van der Waals surface area contributed by atoms with Crippen LogP contribution >= 0.6 is 11.6 Å². The third-order valence-corrected chi connectivity index (χ3v) is 6.28. The molecule has 0 spiro atoms. The molecular weight excluding hydrogens is 440 g/mol. The highest BCUT2D eigenvalue weighted by molar-refractivity contribution is 6.33. The highest BCUT2D eigenvalue weighted by Gasteiger charge is 2.25. The van der Waals surface area contributed by atoms with Crippen LogP contribution in [0.15, 0.2) is 42.6 Å². The van der Waals surface area contributed by atoms with Crippen molar-refractivity contribution in [2.24, 2.45) is 11.7 Å². The van der Waals surface area contributed by atoms with Crippen molar-refractivity contribution in [3.8, 4) is 0 Å². The van der Waals surface area contributed by atoms with Gasteiger partial charge in [-0.05, 0) is 44.4 Å². The third kappa shape index (κ3) is 5.17. The smallest absolute Gasteiger partial charge is 0.260 e. The van der Waals surface area contributed by atoms with Gasteiger partial charge in [0.15, 0.2) is 0 Å². The molecule has 0 aliphatic carbocycles. The number of halogens is 1. The third-order valence-electron chi connectivity index (χ3n) is 5.90. The number of pyridine rings is 1. The Bertz CT molecular complexity index is 1160. The molecule has 4 rings (SSSR count). The van der Waals surface area contributed by atoms with Gasteiger partial charge in [0.05, 0.1) is 35.6 Å². The Morgan fingerprint density at radius 3 is 2.61 bits per heavy atom. The average molecular weight is 467 g/mol. The van der Waals surface area contributed by atoms with E-state index >= 15 is 0 Å². The normalized spacial score (nSPS) is 16.0. The zero-order valence-electron chi connectivity index (χ0n) is 18.7. The Labute approximate surface area is 197 Å². The summed E-state index contributed by atoms with van der Waals surface area (Å²) in [6.45, 7) is 5.65. The van der Waals surface area contributed by atoms with Crippen LogP contribution in [0.1, 0.15) is 40.0 Å². The van der Waals surface area contributed by atoms with Crippen LogP contribution in [-0.4, -0.2) is 39.7 Å². The number of amides is 2. The van der Waals surface area contributed by atoms with Crippen LogP contribution < -0.4 is 16.0 Å². The molecule has 0 bridgehead atoms. The molecule has 33 heavy (non-hydrogen) atoms. The van der Waals surface area contributed by atoms with Crippen molar-refractivity contribution >= 4 is 34.9 Å². The van der Waals surface area contributed by atoms with Crippen LogP contribution in [0.2, 0.25) is 5.15 Å². The molecule has 1 aromatic carbocycles. The van der Waals surface area contributed by atoms with E-state index in [2.05, 4.69) is 15.4 Å². The standard InChI is InChI=1S/C24H27ClN6O2/c1-15-5-7-17(8-6-15)13-31-22(25)21(16(2)29-31)24(33)28-19-9-10-20(27-12-19)30-11-3-4-18(14-30)23(26)32/h5-10,12,18H,3-4,11,13-14H2,1-2H3,(H2,26,32)(H,28,33). The van der Waals surface area contributed by atoms with E-state index in [-0.39, 0.29) is 17.7 Å². The van der Waals surface area contributed by atoms with Gasteiger partial charge in [0.1, 0.15) is 11.0 Å². The Balaban J connectivity index is 1.44. The molecule has 2 amide bonds. The number of rotatable bonds is 6. The predicted octanol–water partition coefficient (Wildman–Crippen LogP) is 3.55. The molecule has 1 fully saturated rings. The summed E-state index contributed by atoms with van der Waals surface area (Å²) in [5.41, 5.74) is 9.14. The number of nitrogens with zero attached hydrogens (tertiary/aromatic N) is 4. The summed E-state index contributed by atoms with van der Waals surface area (Å²) in [4.78, 5) is 31.0. The molecule has 3 aromatic rings. The molecule has 9 heteroatoms. The van der Waals surface area contributed by atoms with Crippen molar-refractivity contribution in [1.82, 2.24) is 14.8 Å². The van der Waals surface area contributed by atoms with Gasteiger partial charge in [-0.15, -0.1) is 0 Å². The monoisotopic (exact) mass is 466 g/mol. The lowest BCUT2D eigenvalue weighted by Crippen LogP contribution is -2.41. The maximum atomic E-state index is 12.9. The van der Waals surface area contributed by atoms with Crippen molar-refractivity contribution in [1.29, 1.82) is 0 Å². The highest BCUT2D eigenvalue weighted by atomic mass is 35.5. The van der Waals surface area contributed by atoms with Gasteiger partial charge in [-0.1, -0.05) is 41.4 Å². The maximum Gasteiger partial charge on any atom is 0.260 e. The summed E-state index contributed by atoms with van der Waals surface area (Å²) in [5, 5.41) is 7.59. The molecular formula is C24H27ClN6O2. The minimum absolute atomic E-state index is 0.165. The quantitative estimate of drug-likeness (QED) is 0.577. The van der Waals surface area contributed by atoms with Gasteiger partial charge in [0.25, 0.3) is 5.91 Å². The summed E-state index contributed by atoms with van der Waals surface area (Å²) < 4.78 is 1.63. The van der Waals surface area contributed by atoms with Crippen molar-refractivity contribution in [2.45, 2.75) is 33.2 Å². The number of anilines is 2. The topological polar surface area (TPSA) is 106 Å². The Morgan fingerprint density at radius 1 is 1.18 bits per heavy atom. The van der Waals surface area contributed by atoms with E-state index < -0.39 is 0 Å². The number of aromatic nitrogens is 3. The Kier molecular flexibility index (Phi) is 6.65. The first kappa shape index (κ1) is 22.8. The number of nitrogens with one attached hydrogen (secondary N) is 1. The maximum absolute atomic E-state index is 12.9. The van der Waals surface area contributed by atoms with Gasteiger partial charge < -0.3 is 16.0 Å². The van der Waals surface area contributed by atoms with E-state index in [4.69, 9.17) is 17.3 Å². The minimum Gasteiger partial charge on any atom is -0.369 e. The van der Waals surface area contributed by atoms with E-state index in [1.807, 2.05) is 42.2 Å². The lowest BCUT2D eigenvalue weighted by atomic mass is 9.97. The van der Waals surface area contributed by atoms with Crippen molar-refractivity contribution in [3.05, 3.63) is 70.1 Å². The number of carbonyl (C=O) groups excluding carboxylic acids is 2. The zero-order valence-corrected chi connectivity index (χ0v) is 19.5. The second-order valence-electron chi connectivity index (χ2n) is 8.44. The van der Waals surface area contributed by atoms with E-state index in [9.17, 15) is 9.59 Å². The zero-order chi connectivity index (χ0) is 23.5. The van der Waals surface area contributed by atoms with E-state index in [0.29, 0.717) is 35.2 Å². The molecule has 1 unspecified atom stereocenters. The number of hydrogen-bond acceptors (Lipinski definition) is 5. The van der Waals surface area contributed by atoms with E-state index in [1.54, 1.807) is 23.9 Å². The molecule has 1 atom stereocenters. The molecule has 0 radical (unpaired) electrons. The number of primary amides is 1. The van der Waals surface area contributed by atoms with Crippen molar-refractivity contribution in [2.75, 3.05) is 23.3 Å². The van der Waals surface area contributed by atoms with Gasteiger partial charge in [-0.25, -0.2) is 9.67 Å². The van der Waals surface area contributed by atoms with Crippen LogP contribution in [0.5, 0.6) is 0 Å². The van der Waals surface area contributed by atoms with Gasteiger partial charge >= 0.3 is 0 Å². The fourth-order valence-electron chi connectivity index (χ4n) is 4.04. The summed E-state index contributed by atoms with van der Waals surface area (Å²) >= 11 is 6.52. The molecule has 8 nitrogen and oxygen atoms in total. The Hall–Kier alpha value is -3.39. The first-order chi connectivity index (χ1) is 15.8. The SMILES string of the molecule is Cc1ccc(Cn2nc(C)c(C(=O)Nc3ccc(N4CCCC(C(N)=O)C4)nc3)c2Cl)cc1. The summed E-state index contributed by atoms with van der Waals surface area (Å²) in [5.74, 6) is -0.0340. The number of nitrogens with two attached hydrogens (primary N) is 1. The van der Waals surface area contributed by atoms with Crippen LogP contribution in [0.25, 0.3) is 0 Å². The highest BCUT2D eigenvalue weighted by Crippen LogP contribution is 2.25. The average Bonchev–Trinajstić information content (AvgIpc) is 3.08. The van der Waals surface area contributed by atoms with Gasteiger partial charge in [-0.2, -0.15) is 5.10 Å². The molecule has 3 heterocycles. The van der Waals surface area contributed by atoms with Gasteiger partial charge in [0.2, 0.25) is 5.91 Å². The Morgan fingerprint density at radius 2 is 1.94 bits per heavy atom. The molecule has 0 saturated carbocycles. The number of hydrogen-bond donors (Lipinski definition) is 2. The van der Waals surface area contributed by atoms with Crippen LogP contribution in [0.4, 0.5) is 11.5 Å². The largest absolute Gasteiger partial charge is 0.369 e. The van der Waals surface area contributed by atoms with Crippen molar-refractivity contribution in [3.63, 3.8) is 0 Å². The number of benzene rings is 1. The molecule has 1 aliphatic rings. The number of piperidine rings is 1. The molecule has 1 saturated heterocycles. The summed E-state index contributed by atoms with van der Waals surface area (Å²) in [6, 6.07) is 11.7. The summed E-state index contributed by atoms with van der Waals surface area (Å²) in [6.07, 6.45) is 3.29. The van der Waals surface area contributed by atoms with E-state index in [1.165, 1.54) is 5.56 Å². The minimum atomic E-state index is -0.339. The molecule has 172 valence electrons. The number of carbonyl (C=O) groups is 2. The fourth-order valence-corrected chi connectivity index (χ4v) is 4.36. The second-order valence-corrected chi connectivity index (χ2v) is 8.80. The molecule has 3 N–H and O–H groups in total. The van der Waals surface area contributed by atoms with Gasteiger partial charge in [-0.3, -0.25) is 9.59 Å². The second kappa shape index (κ2) is 9.62. The first-order valence-corrected chi connectivity index (χ1v) is 11.3.